The van der Waals surface area contributed by atoms with Gasteiger partial charge in [0.05, 0.1) is 11.7 Å². The maximum Gasteiger partial charge on any atom is 0.220 e. The van der Waals surface area contributed by atoms with Gasteiger partial charge in [-0.25, -0.2) is 4.98 Å². The Kier molecular flexibility index (Phi) is 3.60. The highest BCUT2D eigenvalue weighted by Gasteiger charge is 2.28. The van der Waals surface area contributed by atoms with E-state index in [9.17, 15) is 4.79 Å². The normalized spacial score (nSPS) is 18.0. The third-order valence-electron chi connectivity index (χ3n) is 3.65. The Morgan fingerprint density at radius 2 is 2.29 bits per heavy atom. The van der Waals surface area contributed by atoms with Crippen molar-refractivity contribution in [2.45, 2.75) is 32.7 Å². The molecular formula is C15H18N4O2. The van der Waals surface area contributed by atoms with Crippen molar-refractivity contribution in [3.05, 3.63) is 35.7 Å². The summed E-state index contributed by atoms with van der Waals surface area (Å²) in [5, 5.41) is 7.00. The third-order valence-corrected chi connectivity index (χ3v) is 3.65. The van der Waals surface area contributed by atoms with Gasteiger partial charge in [-0.3, -0.25) is 4.79 Å². The number of aryl methyl sites for hydroxylation is 1. The summed E-state index contributed by atoms with van der Waals surface area (Å²) in [6, 6.07) is 7.66. The average Bonchev–Trinajstić information content (AvgIpc) is 3.08. The van der Waals surface area contributed by atoms with Crippen molar-refractivity contribution in [2.24, 2.45) is 0 Å². The Hall–Kier alpha value is -2.37. The number of amides is 1. The predicted octanol–water partition coefficient (Wildman–Crippen LogP) is 2.81. The second-order valence-corrected chi connectivity index (χ2v) is 5.27. The van der Waals surface area contributed by atoms with E-state index in [1.54, 1.807) is 6.92 Å². The third kappa shape index (κ3) is 2.89. The smallest absolute Gasteiger partial charge is 0.220 e. The number of hydrogen-bond donors (Lipinski definition) is 1. The molecule has 0 spiro atoms. The lowest BCUT2D eigenvalue weighted by molar-refractivity contribution is -0.129. The minimum absolute atomic E-state index is 0.0725. The highest BCUT2D eigenvalue weighted by Crippen LogP contribution is 2.31. The fourth-order valence-electron chi connectivity index (χ4n) is 2.71. The molecule has 6 nitrogen and oxygen atoms in total. The zero-order chi connectivity index (χ0) is 14.8. The van der Waals surface area contributed by atoms with Crippen molar-refractivity contribution in [1.29, 1.82) is 0 Å². The SMILES string of the molecule is CC(=O)N1CCC[C@H]1c1cccc(Nc2cc(C)on2)n1. The summed E-state index contributed by atoms with van der Waals surface area (Å²) >= 11 is 0. The Morgan fingerprint density at radius 3 is 3.00 bits per heavy atom. The van der Waals surface area contributed by atoms with Gasteiger partial charge in [0, 0.05) is 19.5 Å². The summed E-state index contributed by atoms with van der Waals surface area (Å²) in [6.45, 7) is 4.26. The molecule has 0 bridgehead atoms. The summed E-state index contributed by atoms with van der Waals surface area (Å²) in [5.41, 5.74) is 0.910. The van der Waals surface area contributed by atoms with Crippen LogP contribution < -0.4 is 5.32 Å². The van der Waals surface area contributed by atoms with Crippen LogP contribution in [-0.2, 0) is 4.79 Å². The summed E-state index contributed by atoms with van der Waals surface area (Å²) < 4.78 is 5.02. The average molecular weight is 286 g/mol. The molecule has 6 heteroatoms. The molecule has 110 valence electrons. The number of nitrogens with one attached hydrogen (secondary N) is 1. The predicted molar refractivity (Wildman–Crippen MR) is 78.1 cm³/mol. The molecular weight excluding hydrogens is 268 g/mol. The highest BCUT2D eigenvalue weighted by atomic mass is 16.5. The minimum atomic E-state index is 0.0725. The molecule has 0 unspecified atom stereocenters. The summed E-state index contributed by atoms with van der Waals surface area (Å²) in [6.07, 6.45) is 1.98. The molecule has 1 fully saturated rings. The van der Waals surface area contributed by atoms with E-state index in [0.717, 1.165) is 30.8 Å². The van der Waals surface area contributed by atoms with Crippen LogP contribution >= 0.6 is 0 Å². The lowest BCUT2D eigenvalue weighted by Crippen LogP contribution is -2.28. The first-order valence-electron chi connectivity index (χ1n) is 7.08. The van der Waals surface area contributed by atoms with Gasteiger partial charge in [-0.05, 0) is 31.9 Å². The van der Waals surface area contributed by atoms with Crippen molar-refractivity contribution in [1.82, 2.24) is 15.0 Å². The van der Waals surface area contributed by atoms with Crippen LogP contribution in [-0.4, -0.2) is 27.5 Å². The van der Waals surface area contributed by atoms with Crippen LogP contribution in [0.25, 0.3) is 0 Å². The first kappa shape index (κ1) is 13.6. The van der Waals surface area contributed by atoms with Gasteiger partial charge in [-0.1, -0.05) is 11.2 Å². The number of carbonyl (C=O) groups excluding carboxylic acids is 1. The molecule has 3 rings (SSSR count). The van der Waals surface area contributed by atoms with Gasteiger partial charge in [-0.2, -0.15) is 0 Å². The molecule has 2 aromatic rings. The summed E-state index contributed by atoms with van der Waals surface area (Å²) in [5.74, 6) is 2.18. The Labute approximate surface area is 123 Å². The number of anilines is 2. The van der Waals surface area contributed by atoms with Crippen LogP contribution in [0.1, 0.15) is 37.3 Å². The van der Waals surface area contributed by atoms with Gasteiger partial charge in [0.25, 0.3) is 0 Å². The topological polar surface area (TPSA) is 71.3 Å². The van der Waals surface area contributed by atoms with E-state index in [0.29, 0.717) is 11.6 Å². The molecule has 1 saturated heterocycles. The Morgan fingerprint density at radius 1 is 1.43 bits per heavy atom. The highest BCUT2D eigenvalue weighted by molar-refractivity contribution is 5.74. The van der Waals surface area contributed by atoms with E-state index < -0.39 is 0 Å². The Balaban J connectivity index is 1.81. The lowest BCUT2D eigenvalue weighted by atomic mass is 10.1. The van der Waals surface area contributed by atoms with E-state index in [4.69, 9.17) is 4.52 Å². The van der Waals surface area contributed by atoms with Gasteiger partial charge in [-0.15, -0.1) is 0 Å². The molecule has 0 radical (unpaired) electrons. The van der Waals surface area contributed by atoms with E-state index in [2.05, 4.69) is 15.5 Å². The number of carbonyl (C=O) groups is 1. The van der Waals surface area contributed by atoms with Crippen molar-refractivity contribution in [3.8, 4) is 0 Å². The first-order valence-corrected chi connectivity index (χ1v) is 7.08. The van der Waals surface area contributed by atoms with Crippen LogP contribution in [0.2, 0.25) is 0 Å². The van der Waals surface area contributed by atoms with Crippen molar-refractivity contribution < 1.29 is 9.32 Å². The van der Waals surface area contributed by atoms with Gasteiger partial charge in [0.15, 0.2) is 5.82 Å². The van der Waals surface area contributed by atoms with Crippen LogP contribution in [0.5, 0.6) is 0 Å². The van der Waals surface area contributed by atoms with Gasteiger partial charge in [0.2, 0.25) is 5.91 Å². The number of rotatable bonds is 3. The van der Waals surface area contributed by atoms with Crippen LogP contribution in [0, 0.1) is 6.92 Å². The van der Waals surface area contributed by atoms with Gasteiger partial charge in [0.1, 0.15) is 11.6 Å². The molecule has 0 aliphatic carbocycles. The molecule has 3 heterocycles. The van der Waals surface area contributed by atoms with Crippen molar-refractivity contribution >= 4 is 17.5 Å². The standard InChI is InChI=1S/C15H18N4O2/c1-10-9-15(18-21-10)17-14-7-3-5-12(16-14)13-6-4-8-19(13)11(2)20/h3,5,7,9,13H,4,6,8H2,1-2H3,(H,16,17,18)/t13-/m0/s1. The lowest BCUT2D eigenvalue weighted by Gasteiger charge is -2.23. The molecule has 1 aliphatic rings. The fourth-order valence-corrected chi connectivity index (χ4v) is 2.71. The molecule has 2 aromatic heterocycles. The summed E-state index contributed by atoms with van der Waals surface area (Å²) in [4.78, 5) is 18.2. The number of nitrogens with zero attached hydrogens (tertiary/aromatic N) is 3. The quantitative estimate of drug-likeness (QED) is 0.939. The van der Waals surface area contributed by atoms with Crippen LogP contribution in [0.15, 0.2) is 28.8 Å². The second-order valence-electron chi connectivity index (χ2n) is 5.27. The number of aromatic nitrogens is 2. The second kappa shape index (κ2) is 5.55. The van der Waals surface area contributed by atoms with Gasteiger partial charge < -0.3 is 14.7 Å². The van der Waals surface area contributed by atoms with Crippen molar-refractivity contribution in [3.63, 3.8) is 0 Å². The van der Waals surface area contributed by atoms with E-state index in [-0.39, 0.29) is 11.9 Å². The molecule has 1 aliphatic heterocycles. The molecule has 1 atom stereocenters. The number of pyridine rings is 1. The molecule has 21 heavy (non-hydrogen) atoms. The maximum atomic E-state index is 11.7. The monoisotopic (exact) mass is 286 g/mol. The number of likely N-dealkylation sites (tertiary alicyclic amines) is 1. The van der Waals surface area contributed by atoms with Gasteiger partial charge >= 0.3 is 0 Å². The minimum Gasteiger partial charge on any atom is -0.360 e. The van der Waals surface area contributed by atoms with Crippen LogP contribution in [0.3, 0.4) is 0 Å². The maximum absolute atomic E-state index is 11.7. The van der Waals surface area contributed by atoms with Crippen molar-refractivity contribution in [2.75, 3.05) is 11.9 Å². The van der Waals surface area contributed by atoms with E-state index >= 15 is 0 Å². The molecule has 1 N–H and O–H groups in total. The van der Waals surface area contributed by atoms with E-state index in [1.165, 1.54) is 0 Å². The zero-order valence-electron chi connectivity index (χ0n) is 12.2. The molecule has 1 amide bonds. The van der Waals surface area contributed by atoms with E-state index in [1.807, 2.05) is 36.1 Å². The zero-order valence-corrected chi connectivity index (χ0v) is 12.2. The summed E-state index contributed by atoms with van der Waals surface area (Å²) in [7, 11) is 0. The molecule has 0 aromatic carbocycles. The largest absolute Gasteiger partial charge is 0.360 e. The van der Waals surface area contributed by atoms with Crippen LogP contribution in [0.4, 0.5) is 11.6 Å². The fraction of sp³-hybridized carbons (Fsp3) is 0.400. The number of hydrogen-bond acceptors (Lipinski definition) is 5. The molecule has 0 saturated carbocycles. The Bertz CT molecular complexity index is 653. The first-order chi connectivity index (χ1) is 10.1.